The number of anilines is 4. The van der Waals surface area contributed by atoms with Gasteiger partial charge in [-0.3, -0.25) is 33.9 Å². The van der Waals surface area contributed by atoms with Crippen LogP contribution in [0.25, 0.3) is 84.0 Å². The summed E-state index contributed by atoms with van der Waals surface area (Å²) in [5, 5.41) is 37.4. The molecule has 738 valence electrons. The van der Waals surface area contributed by atoms with Gasteiger partial charge in [-0.2, -0.15) is 24.3 Å². The molecule has 1 fully saturated rings. The van der Waals surface area contributed by atoms with E-state index in [1.807, 2.05) is 140 Å². The maximum atomic E-state index is 13.9. The summed E-state index contributed by atoms with van der Waals surface area (Å²) >= 11 is 24.2. The highest BCUT2D eigenvalue weighted by molar-refractivity contribution is 7.23. The zero-order valence-corrected chi connectivity index (χ0v) is 86.3. The average molecular weight is 2060 g/mol. The van der Waals surface area contributed by atoms with E-state index in [2.05, 4.69) is 156 Å². The van der Waals surface area contributed by atoms with Gasteiger partial charge in [-0.1, -0.05) is 19.3 Å². The van der Waals surface area contributed by atoms with E-state index < -0.39 is 6.08 Å². The van der Waals surface area contributed by atoms with Crippen LogP contribution in [0.2, 0.25) is 15.9 Å². The van der Waals surface area contributed by atoms with Gasteiger partial charge in [0.1, 0.15) is 19.5 Å². The minimum Gasteiger partial charge on any atom is -0.420 e. The molecule has 12 aromatic heterocycles. The van der Waals surface area contributed by atoms with Crippen molar-refractivity contribution in [2.45, 2.75) is 176 Å². The number of halogens is 4. The molecule has 16 aromatic rings. The van der Waals surface area contributed by atoms with E-state index in [1.54, 1.807) is 24.7 Å². The molecule has 0 unspecified atom stereocenters. The third-order valence-corrected chi connectivity index (χ3v) is 30.1. The number of amides is 4. The average Bonchev–Trinajstić information content (AvgIpc) is 1.61. The van der Waals surface area contributed by atoms with Gasteiger partial charge in [-0.25, -0.2) is 39.9 Å². The van der Waals surface area contributed by atoms with Crippen molar-refractivity contribution in [1.82, 2.24) is 101 Å². The molecule has 0 saturated heterocycles. The van der Waals surface area contributed by atoms with Crippen molar-refractivity contribution in [2.75, 3.05) is 88.3 Å². The number of nitrogens with one attached hydrogen (secondary N) is 9. The maximum absolute atomic E-state index is 13.9. The first-order valence-electron chi connectivity index (χ1n) is 47.0. The van der Waals surface area contributed by atoms with Crippen molar-refractivity contribution >= 4 is 210 Å². The summed E-state index contributed by atoms with van der Waals surface area (Å²) < 4.78 is 47.8. The Labute approximate surface area is 849 Å². The Morgan fingerprint density at radius 2 is 0.754 bits per heavy atom. The fourth-order valence-electron chi connectivity index (χ4n) is 17.2. The summed E-state index contributed by atoms with van der Waals surface area (Å²) in [7, 11) is 6.12. The molecule has 21 rings (SSSR count). The van der Waals surface area contributed by atoms with Crippen LogP contribution in [-0.4, -0.2) is 207 Å². The number of nitrogens with zero attached hydrogens (tertiary/aromatic N) is 15. The summed E-state index contributed by atoms with van der Waals surface area (Å²) in [5.41, 5.74) is 9.38. The lowest BCUT2D eigenvalue weighted by molar-refractivity contribution is 0.0940. The molecule has 1 saturated carbocycles. The van der Waals surface area contributed by atoms with Crippen LogP contribution in [0, 0.1) is 6.08 Å². The molecule has 4 aliphatic heterocycles. The third kappa shape index (κ3) is 22.6. The van der Waals surface area contributed by atoms with Crippen LogP contribution >= 0.6 is 80.1 Å². The lowest BCUT2D eigenvalue weighted by atomic mass is 9.94. The lowest BCUT2D eigenvalue weighted by Crippen LogP contribution is -2.37. The SMILES string of the molecule is CCOCCN(C)Cc1cnc(Cl)nc1Oc1ccc2c(ccc3sc4c(c32)NC[C@@H](C)NC4=O)n1.C[C@@H]1CNc2c(sc3ccc4nc(Oc5nc(Cl)ncc5CN(C)C5CCCCC5)ccc4c23)C(=O)N1.C[C@@H]1CNc2c(sc3ccc4nc(Oc5nc(Cl)ncc5CNC(C)(C)C)ccc4c23)C(=O)N1.C[C@@H]1CNc2c(sc3ccc4nc(Oc5nc(F)ncc5CN(C)C(C)(C)C)ccc4c23)C(=O)N1. The summed E-state index contributed by atoms with van der Waals surface area (Å²) in [4.78, 5) is 112. The van der Waals surface area contributed by atoms with E-state index in [-0.39, 0.29) is 80.6 Å². The van der Waals surface area contributed by atoms with E-state index >= 15 is 0 Å². The molecule has 33 nitrogen and oxygen atoms in total. The van der Waals surface area contributed by atoms with E-state index in [9.17, 15) is 23.6 Å². The van der Waals surface area contributed by atoms with Crippen molar-refractivity contribution in [2.24, 2.45) is 0 Å². The number of thiophene rings is 4. The fourth-order valence-corrected chi connectivity index (χ4v) is 22.0. The number of rotatable bonds is 21. The number of carbonyl (C=O) groups excluding carboxylic acids is 4. The van der Waals surface area contributed by atoms with Gasteiger partial charge in [0, 0.05) is 240 Å². The molecule has 0 bridgehead atoms. The van der Waals surface area contributed by atoms with Crippen LogP contribution in [0.3, 0.4) is 0 Å². The van der Waals surface area contributed by atoms with Gasteiger partial charge in [0.05, 0.1) is 51.4 Å². The van der Waals surface area contributed by atoms with E-state index in [0.29, 0.717) is 143 Å². The second-order valence-corrected chi connectivity index (χ2v) is 43.1. The zero-order chi connectivity index (χ0) is 99.7. The van der Waals surface area contributed by atoms with E-state index in [0.717, 1.165) is 124 Å². The monoisotopic (exact) mass is 2050 g/mol. The minimum absolute atomic E-state index is 0.0324. The van der Waals surface area contributed by atoms with Crippen molar-refractivity contribution in [3.63, 3.8) is 0 Å². The second kappa shape index (κ2) is 42.6. The van der Waals surface area contributed by atoms with E-state index in [4.69, 9.17) is 73.4 Å². The van der Waals surface area contributed by atoms with Gasteiger partial charge >= 0.3 is 6.08 Å². The molecular formula is C101H108Cl3FN24O9S4. The number of aromatic nitrogens is 12. The Morgan fingerprint density at radius 1 is 0.423 bits per heavy atom. The first-order chi connectivity index (χ1) is 68.2. The van der Waals surface area contributed by atoms with Crippen LogP contribution in [0.1, 0.15) is 169 Å². The van der Waals surface area contributed by atoms with Crippen LogP contribution in [0.4, 0.5) is 27.1 Å². The van der Waals surface area contributed by atoms with Crippen molar-refractivity contribution in [3.8, 4) is 47.0 Å². The van der Waals surface area contributed by atoms with E-state index in [1.165, 1.54) is 83.6 Å². The Kier molecular flexibility index (Phi) is 29.9. The molecule has 9 N–H and O–H groups in total. The number of carbonyl (C=O) groups is 4. The van der Waals surface area contributed by atoms with Gasteiger partial charge in [0.2, 0.25) is 62.9 Å². The molecule has 0 radical (unpaired) electrons. The second-order valence-electron chi connectivity index (χ2n) is 37.9. The van der Waals surface area contributed by atoms with Crippen LogP contribution in [0.5, 0.6) is 47.0 Å². The molecule has 41 heteroatoms. The Bertz CT molecular complexity index is 7520. The predicted octanol–water partition coefficient (Wildman–Crippen LogP) is 20.8. The van der Waals surface area contributed by atoms with Crippen molar-refractivity contribution in [3.05, 3.63) is 186 Å². The topological polar surface area (TPSA) is 387 Å². The number of fused-ring (bicyclic) bond motifs is 20. The van der Waals surface area contributed by atoms with Crippen LogP contribution in [-0.2, 0) is 30.9 Å². The normalized spacial score (nSPS) is 16.6. The smallest absolute Gasteiger partial charge is 0.311 e. The molecule has 4 aromatic carbocycles. The molecule has 5 aliphatic rings. The first-order valence-corrected chi connectivity index (χ1v) is 51.4. The highest BCUT2D eigenvalue weighted by Gasteiger charge is 2.33. The highest BCUT2D eigenvalue weighted by Crippen LogP contribution is 2.48. The number of pyridine rings is 4. The van der Waals surface area contributed by atoms with Gasteiger partial charge in [0.25, 0.3) is 23.6 Å². The Hall–Kier alpha value is -12.4. The van der Waals surface area contributed by atoms with Gasteiger partial charge in [-0.05, 0) is 218 Å². The molecule has 1 aliphatic carbocycles. The fraction of sp³-hybridized carbons (Fsp3) is 0.366. The number of hydrogen-bond acceptors (Lipinski definition) is 33. The summed E-state index contributed by atoms with van der Waals surface area (Å²) in [6.45, 7) is 29.4. The number of likely N-dealkylation sites (N-methyl/N-ethyl adjacent to an activating group) is 1. The molecular weight excluding hydrogens is 1950 g/mol. The Morgan fingerprint density at radius 3 is 1.11 bits per heavy atom. The van der Waals surface area contributed by atoms with Crippen molar-refractivity contribution in [1.29, 1.82) is 0 Å². The largest absolute Gasteiger partial charge is 0.420 e. The molecule has 4 atom stereocenters. The lowest BCUT2D eigenvalue weighted by Gasteiger charge is -2.31. The molecule has 16 heterocycles. The van der Waals surface area contributed by atoms with Crippen LogP contribution in [0.15, 0.2) is 122 Å². The first kappa shape index (κ1) is 99.7. The maximum Gasteiger partial charge on any atom is 0.311 e. The summed E-state index contributed by atoms with van der Waals surface area (Å²) in [5.74, 6) is 2.61. The van der Waals surface area contributed by atoms with Gasteiger partial charge in [0.15, 0.2) is 0 Å². The number of hydrogen-bond donors (Lipinski definition) is 9. The molecule has 4 amide bonds. The third-order valence-electron chi connectivity index (χ3n) is 24.9. The summed E-state index contributed by atoms with van der Waals surface area (Å²) in [6, 6.07) is 31.5. The zero-order valence-electron chi connectivity index (χ0n) is 80.8. The number of benzene rings is 4. The standard InChI is InChI=1S/C27H29ClN6O2S.C25H27ClN6O3S.C25H27FN6O2S.C24H25ClN6O2S/c1-15-12-29-23-22-18-8-11-21(32-19(18)9-10-20(22)37-24(23)25(35)31-15)36-26-16(13-30-27(28)33-26)14-34(2)17-6-4-3-5-7-17;1-4-34-10-9-32(3)13-15-12-28-25(26)31-24(15)35-19-8-5-16-17(30-19)6-7-18-20(16)21-22(36-18)23(33)29-14(2)11-27-21;1-13-10-27-20-19-15-6-9-18(30-16(15)7-8-17(19)35-21(20)22(33)29-13)34-23-14(11-28-24(26)31-23)12-32(5)25(2,3)4;1-12-9-26-19-18-14-5-8-17(30-15(14)6-7-16(18)34-20(19)21(32)29-12)33-22-13(10-27-23(25)31-22)11-28-24(2,3)4/h8-11,13,15,17,29H,3-7,12,14H2,1-2H3,(H,31,35);5-8,12,14,27H,4,9-11,13H2,1-3H3,(H,29,33);6-9,11,13,27H,10,12H2,1-5H3,(H,29,33);5-8,10,12,26,28H,9,11H2,1-4H3,(H,29,32)/t15-;14-;13-;12-/m1111/s1. The molecule has 0 spiro atoms. The Balaban J connectivity index is 0.000000125. The predicted molar refractivity (Wildman–Crippen MR) is 563 cm³/mol. The quantitative estimate of drug-likeness (QED) is 0.0238. The molecule has 142 heavy (non-hydrogen) atoms. The van der Waals surface area contributed by atoms with Crippen LogP contribution < -0.4 is 66.8 Å². The summed E-state index contributed by atoms with van der Waals surface area (Å²) in [6.07, 6.45) is 12.0. The van der Waals surface area contributed by atoms with Crippen molar-refractivity contribution < 1.29 is 47.3 Å². The number of ether oxygens (including phenoxy) is 5. The highest BCUT2D eigenvalue weighted by atomic mass is 35.5. The minimum atomic E-state index is -0.857. The van der Waals surface area contributed by atoms with Gasteiger partial charge in [-0.15, -0.1) is 45.3 Å². The van der Waals surface area contributed by atoms with Gasteiger partial charge < -0.3 is 71.5 Å².